The zero-order valence-electron chi connectivity index (χ0n) is 12.9. The number of urea groups is 1. The van der Waals surface area contributed by atoms with Crippen molar-refractivity contribution in [1.82, 2.24) is 15.1 Å². The normalized spacial score (nSPS) is 23.2. The smallest absolute Gasteiger partial charge is 0.327 e. The third-order valence-electron chi connectivity index (χ3n) is 4.48. The van der Waals surface area contributed by atoms with Crippen molar-refractivity contribution in [3.63, 3.8) is 0 Å². The highest BCUT2D eigenvalue weighted by atomic mass is 16.4. The van der Waals surface area contributed by atoms with Gasteiger partial charge in [-0.25, -0.2) is 14.5 Å². The number of likely N-dealkylation sites (tertiary alicyclic amines) is 1. The molecule has 8 heteroatoms. The van der Waals surface area contributed by atoms with Crippen LogP contribution in [-0.2, 0) is 9.59 Å². The number of hydrogen-bond donors (Lipinski definition) is 3. The van der Waals surface area contributed by atoms with Gasteiger partial charge < -0.3 is 20.4 Å². The van der Waals surface area contributed by atoms with Gasteiger partial charge in [-0.15, -0.1) is 0 Å². The van der Waals surface area contributed by atoms with Crippen LogP contribution in [0.3, 0.4) is 0 Å². The quantitative estimate of drug-likeness (QED) is 0.589. The molecule has 0 aromatic carbocycles. The van der Waals surface area contributed by atoms with Gasteiger partial charge >= 0.3 is 12.0 Å². The molecule has 0 aliphatic carbocycles. The maximum atomic E-state index is 12.7. The predicted octanol–water partition coefficient (Wildman–Crippen LogP) is -0.526. The number of carboxylic acids is 1. The Balaban J connectivity index is 2.17. The Hall–Kier alpha value is -1.67. The molecule has 1 spiro atoms. The largest absolute Gasteiger partial charge is 0.480 e. The first-order valence-electron chi connectivity index (χ1n) is 7.54. The number of aliphatic hydroxyl groups is 1. The fourth-order valence-corrected chi connectivity index (χ4v) is 3.23. The molecule has 0 aromatic heterocycles. The number of rotatable bonds is 5. The van der Waals surface area contributed by atoms with Crippen molar-refractivity contribution in [1.29, 1.82) is 0 Å². The van der Waals surface area contributed by atoms with Crippen LogP contribution in [0.25, 0.3) is 0 Å². The van der Waals surface area contributed by atoms with Crippen LogP contribution in [0.4, 0.5) is 4.79 Å². The number of carbonyl (C=O) groups excluding carboxylic acids is 2. The minimum atomic E-state index is -1.17. The molecule has 2 saturated heterocycles. The van der Waals surface area contributed by atoms with Gasteiger partial charge in [-0.2, -0.15) is 0 Å². The maximum absolute atomic E-state index is 12.7. The number of piperidine rings is 1. The van der Waals surface area contributed by atoms with Crippen LogP contribution >= 0.6 is 0 Å². The fraction of sp³-hybridized carbons (Fsp3) is 0.786. The van der Waals surface area contributed by atoms with E-state index in [0.717, 1.165) is 4.90 Å². The predicted molar refractivity (Wildman–Crippen MR) is 77.1 cm³/mol. The summed E-state index contributed by atoms with van der Waals surface area (Å²) in [5, 5.41) is 21.0. The minimum Gasteiger partial charge on any atom is -0.480 e. The lowest BCUT2D eigenvalue weighted by molar-refractivity contribution is -0.150. The summed E-state index contributed by atoms with van der Waals surface area (Å²) in [5.41, 5.74) is -0.994. The second kappa shape index (κ2) is 6.21. The number of nitrogens with one attached hydrogen (secondary N) is 1. The number of amides is 3. The Kier molecular flexibility index (Phi) is 4.72. The van der Waals surface area contributed by atoms with Crippen LogP contribution in [0.15, 0.2) is 0 Å². The summed E-state index contributed by atoms with van der Waals surface area (Å²) in [4.78, 5) is 39.2. The molecule has 124 valence electrons. The fourth-order valence-electron chi connectivity index (χ4n) is 3.23. The Labute approximate surface area is 129 Å². The van der Waals surface area contributed by atoms with Crippen molar-refractivity contribution in [2.75, 3.05) is 26.2 Å². The number of aliphatic carboxylic acids is 1. The zero-order valence-corrected chi connectivity index (χ0v) is 12.9. The molecule has 2 rings (SSSR count). The number of carbonyl (C=O) groups is 3. The SMILES string of the molecule is CC(C)C(C(=O)O)N1C(=O)NC2(CCN(CCO)CC2)C1=O. The Morgan fingerprint density at radius 2 is 1.91 bits per heavy atom. The van der Waals surface area contributed by atoms with E-state index in [1.165, 1.54) is 0 Å². The highest BCUT2D eigenvalue weighted by Crippen LogP contribution is 2.31. The lowest BCUT2D eigenvalue weighted by Gasteiger charge is -2.37. The third kappa shape index (κ3) is 2.80. The van der Waals surface area contributed by atoms with Crippen LogP contribution in [-0.4, -0.2) is 75.7 Å². The van der Waals surface area contributed by atoms with E-state index in [9.17, 15) is 19.5 Å². The van der Waals surface area contributed by atoms with Crippen LogP contribution in [0.2, 0.25) is 0 Å². The molecule has 0 aromatic rings. The van der Waals surface area contributed by atoms with Gasteiger partial charge in [-0.1, -0.05) is 13.8 Å². The van der Waals surface area contributed by atoms with Crippen molar-refractivity contribution in [3.05, 3.63) is 0 Å². The standard InChI is InChI=1S/C14H23N3O5/c1-9(2)10(11(19)20)17-12(21)14(15-13(17)22)3-5-16(6-4-14)7-8-18/h9-10,18H,3-8H2,1-2H3,(H,15,22)(H,19,20). The molecule has 3 amide bonds. The molecule has 2 fully saturated rings. The molecule has 0 radical (unpaired) electrons. The monoisotopic (exact) mass is 313 g/mol. The van der Waals surface area contributed by atoms with Crippen LogP contribution in [0, 0.1) is 5.92 Å². The summed E-state index contributed by atoms with van der Waals surface area (Å²) in [6.07, 6.45) is 0.858. The molecule has 1 unspecified atom stereocenters. The van der Waals surface area contributed by atoms with Crippen molar-refractivity contribution >= 4 is 17.9 Å². The van der Waals surface area contributed by atoms with Gasteiger partial charge in [0.05, 0.1) is 6.61 Å². The Bertz CT molecular complexity index is 471. The lowest BCUT2D eigenvalue weighted by Crippen LogP contribution is -2.56. The van der Waals surface area contributed by atoms with Crippen molar-refractivity contribution in [3.8, 4) is 0 Å². The highest BCUT2D eigenvalue weighted by Gasteiger charge is 2.55. The highest BCUT2D eigenvalue weighted by molar-refractivity contribution is 6.09. The van der Waals surface area contributed by atoms with Gasteiger partial charge in [-0.05, 0) is 18.8 Å². The summed E-state index contributed by atoms with van der Waals surface area (Å²) in [5.74, 6) is -1.98. The lowest BCUT2D eigenvalue weighted by atomic mass is 9.87. The second-order valence-corrected chi connectivity index (χ2v) is 6.28. The molecule has 22 heavy (non-hydrogen) atoms. The molecule has 3 N–H and O–H groups in total. The van der Waals surface area contributed by atoms with Crippen LogP contribution in [0.1, 0.15) is 26.7 Å². The average molecular weight is 313 g/mol. The van der Waals surface area contributed by atoms with Gasteiger partial charge in [0.2, 0.25) is 0 Å². The van der Waals surface area contributed by atoms with Crippen LogP contribution < -0.4 is 5.32 Å². The molecule has 2 heterocycles. The molecule has 1 atom stereocenters. The van der Waals surface area contributed by atoms with Crippen molar-refractivity contribution < 1.29 is 24.6 Å². The molecule has 2 aliphatic heterocycles. The second-order valence-electron chi connectivity index (χ2n) is 6.28. The molecular formula is C14H23N3O5. The molecule has 2 aliphatic rings. The summed E-state index contributed by atoms with van der Waals surface area (Å²) in [7, 11) is 0. The van der Waals surface area contributed by atoms with Gasteiger partial charge in [0.25, 0.3) is 5.91 Å². The summed E-state index contributed by atoms with van der Waals surface area (Å²) >= 11 is 0. The average Bonchev–Trinajstić information content (AvgIpc) is 2.66. The van der Waals surface area contributed by atoms with E-state index >= 15 is 0 Å². The third-order valence-corrected chi connectivity index (χ3v) is 4.48. The van der Waals surface area contributed by atoms with Gasteiger partial charge in [0, 0.05) is 19.6 Å². The minimum absolute atomic E-state index is 0.0495. The van der Waals surface area contributed by atoms with E-state index in [2.05, 4.69) is 5.32 Å². The number of imide groups is 1. The number of β-amino-alcohol motifs (C(OH)–C–C–N with tert-alkyl or cyclic N) is 1. The van der Waals surface area contributed by atoms with Gasteiger partial charge in [-0.3, -0.25) is 4.79 Å². The van der Waals surface area contributed by atoms with E-state index in [4.69, 9.17) is 5.11 Å². The van der Waals surface area contributed by atoms with Crippen LogP contribution in [0.5, 0.6) is 0 Å². The Morgan fingerprint density at radius 3 is 2.36 bits per heavy atom. The molecule has 0 saturated carbocycles. The number of hydrogen-bond acceptors (Lipinski definition) is 5. The number of nitrogens with zero attached hydrogens (tertiary/aromatic N) is 2. The van der Waals surface area contributed by atoms with Gasteiger partial charge in [0.1, 0.15) is 11.6 Å². The van der Waals surface area contributed by atoms with Crippen molar-refractivity contribution in [2.45, 2.75) is 38.3 Å². The van der Waals surface area contributed by atoms with E-state index < -0.39 is 29.5 Å². The topological polar surface area (TPSA) is 110 Å². The van der Waals surface area contributed by atoms with E-state index in [0.29, 0.717) is 32.5 Å². The summed E-state index contributed by atoms with van der Waals surface area (Å²) in [6.45, 7) is 5.10. The first-order valence-corrected chi connectivity index (χ1v) is 7.54. The van der Waals surface area contributed by atoms with Crippen molar-refractivity contribution in [2.24, 2.45) is 5.92 Å². The van der Waals surface area contributed by atoms with E-state index in [1.807, 2.05) is 4.90 Å². The maximum Gasteiger partial charge on any atom is 0.327 e. The molecular weight excluding hydrogens is 290 g/mol. The summed E-state index contributed by atoms with van der Waals surface area (Å²) in [6, 6.07) is -1.77. The van der Waals surface area contributed by atoms with Gasteiger partial charge in [0.15, 0.2) is 0 Å². The van der Waals surface area contributed by atoms with E-state index in [-0.39, 0.29) is 12.5 Å². The van der Waals surface area contributed by atoms with E-state index in [1.54, 1.807) is 13.8 Å². The zero-order chi connectivity index (χ0) is 16.5. The molecule has 0 bridgehead atoms. The first-order chi connectivity index (χ1) is 10.3. The summed E-state index contributed by atoms with van der Waals surface area (Å²) < 4.78 is 0. The number of carboxylic acid groups (broad SMARTS) is 1. The number of aliphatic hydroxyl groups excluding tert-OH is 1. The first kappa shape index (κ1) is 16.7. The Morgan fingerprint density at radius 1 is 1.32 bits per heavy atom. The molecule has 8 nitrogen and oxygen atoms in total.